The van der Waals surface area contributed by atoms with E-state index in [4.69, 9.17) is 5.73 Å². The van der Waals surface area contributed by atoms with Crippen LogP contribution < -0.4 is 11.1 Å². The van der Waals surface area contributed by atoms with Crippen LogP contribution in [-0.2, 0) is 0 Å². The zero-order chi connectivity index (χ0) is 8.97. The molecular weight excluding hydrogens is 160 g/mol. The minimum Gasteiger partial charge on any atom is -0.348 e. The van der Waals surface area contributed by atoms with Gasteiger partial charge in [-0.05, 0) is 0 Å². The predicted octanol–water partition coefficient (Wildman–Crippen LogP) is -0.933. The summed E-state index contributed by atoms with van der Waals surface area (Å²) >= 11 is 0. The van der Waals surface area contributed by atoms with E-state index in [9.17, 15) is 4.79 Å². The lowest BCUT2D eigenvalue weighted by atomic mass is 10.5. The first-order valence-electron chi connectivity index (χ1n) is 3.52. The highest BCUT2D eigenvalue weighted by molar-refractivity contribution is 5.90. The molecule has 0 spiro atoms. The van der Waals surface area contributed by atoms with Crippen LogP contribution in [0.25, 0.3) is 0 Å². The Morgan fingerprint density at radius 2 is 2.50 bits per heavy atom. The SMILES string of the molecule is Cc1nc(C(=O)NCCN)no1. The van der Waals surface area contributed by atoms with Crippen LogP contribution in [0.1, 0.15) is 16.5 Å². The van der Waals surface area contributed by atoms with Gasteiger partial charge in [0.05, 0.1) is 0 Å². The molecule has 0 atom stereocenters. The fraction of sp³-hybridized carbons (Fsp3) is 0.500. The largest absolute Gasteiger partial charge is 0.348 e. The maximum atomic E-state index is 11.1. The molecule has 0 aliphatic rings. The molecule has 0 unspecified atom stereocenters. The quantitative estimate of drug-likeness (QED) is 0.611. The number of aryl methyl sites for hydroxylation is 1. The van der Waals surface area contributed by atoms with Crippen molar-refractivity contribution in [1.29, 1.82) is 0 Å². The Balaban J connectivity index is 2.53. The molecule has 1 amide bonds. The molecule has 1 rings (SSSR count). The zero-order valence-corrected chi connectivity index (χ0v) is 6.70. The molecule has 1 aromatic heterocycles. The third kappa shape index (κ3) is 2.03. The number of hydrogen-bond donors (Lipinski definition) is 2. The zero-order valence-electron chi connectivity index (χ0n) is 6.70. The molecule has 66 valence electrons. The Labute approximate surface area is 69.1 Å². The van der Waals surface area contributed by atoms with Crippen LogP contribution in [0.5, 0.6) is 0 Å². The van der Waals surface area contributed by atoms with Gasteiger partial charge in [0.15, 0.2) is 0 Å². The van der Waals surface area contributed by atoms with Crippen molar-refractivity contribution >= 4 is 5.91 Å². The van der Waals surface area contributed by atoms with E-state index in [1.54, 1.807) is 6.92 Å². The van der Waals surface area contributed by atoms with E-state index in [-0.39, 0.29) is 11.7 Å². The number of nitrogens with zero attached hydrogens (tertiary/aromatic N) is 2. The minimum atomic E-state index is -0.364. The number of aromatic nitrogens is 2. The standard InChI is InChI=1S/C6H10N4O2/c1-4-9-5(10-12-4)6(11)8-3-2-7/h2-3,7H2,1H3,(H,8,11). The summed E-state index contributed by atoms with van der Waals surface area (Å²) in [5, 5.41) is 5.94. The second-order valence-corrected chi connectivity index (χ2v) is 2.18. The number of hydrogen-bond acceptors (Lipinski definition) is 5. The maximum Gasteiger partial charge on any atom is 0.292 e. The Hall–Kier alpha value is -1.43. The van der Waals surface area contributed by atoms with Gasteiger partial charge in [0.1, 0.15) is 0 Å². The molecule has 0 bridgehead atoms. The van der Waals surface area contributed by atoms with Gasteiger partial charge >= 0.3 is 0 Å². The monoisotopic (exact) mass is 170 g/mol. The van der Waals surface area contributed by atoms with Gasteiger partial charge in [0.2, 0.25) is 5.89 Å². The molecule has 12 heavy (non-hydrogen) atoms. The summed E-state index contributed by atoms with van der Waals surface area (Å²) in [6.45, 7) is 2.42. The lowest BCUT2D eigenvalue weighted by Crippen LogP contribution is -2.29. The van der Waals surface area contributed by atoms with Crippen molar-refractivity contribution in [3.05, 3.63) is 11.7 Å². The van der Waals surface area contributed by atoms with Gasteiger partial charge in [-0.3, -0.25) is 4.79 Å². The Bertz CT molecular complexity index is 270. The average Bonchev–Trinajstić information content (AvgIpc) is 2.47. The second kappa shape index (κ2) is 3.82. The summed E-state index contributed by atoms with van der Waals surface area (Å²) < 4.78 is 4.61. The Morgan fingerprint density at radius 3 is 3.00 bits per heavy atom. The fourth-order valence-corrected chi connectivity index (χ4v) is 0.656. The van der Waals surface area contributed by atoms with Crippen LogP contribution in [0.3, 0.4) is 0 Å². The summed E-state index contributed by atoms with van der Waals surface area (Å²) in [6, 6.07) is 0. The molecule has 0 radical (unpaired) electrons. The topological polar surface area (TPSA) is 94.0 Å². The van der Waals surface area contributed by atoms with Crippen LogP contribution in [0.2, 0.25) is 0 Å². The third-order valence-electron chi connectivity index (χ3n) is 1.16. The highest BCUT2D eigenvalue weighted by Crippen LogP contribution is 1.93. The van der Waals surface area contributed by atoms with Gasteiger partial charge < -0.3 is 15.6 Å². The van der Waals surface area contributed by atoms with Crippen molar-refractivity contribution in [2.75, 3.05) is 13.1 Å². The number of amides is 1. The number of carbonyl (C=O) groups excluding carboxylic acids is 1. The summed E-state index contributed by atoms with van der Waals surface area (Å²) in [6.07, 6.45) is 0. The van der Waals surface area contributed by atoms with Gasteiger partial charge in [-0.1, -0.05) is 5.16 Å². The molecule has 0 aliphatic carbocycles. The van der Waals surface area contributed by atoms with Crippen LogP contribution in [0.15, 0.2) is 4.52 Å². The summed E-state index contributed by atoms with van der Waals surface area (Å²) in [5.41, 5.74) is 5.18. The molecular formula is C6H10N4O2. The van der Waals surface area contributed by atoms with E-state index >= 15 is 0 Å². The predicted molar refractivity (Wildman–Crippen MR) is 40.4 cm³/mol. The Kier molecular flexibility index (Phi) is 2.76. The first kappa shape index (κ1) is 8.66. The molecule has 1 aromatic rings. The first-order valence-corrected chi connectivity index (χ1v) is 3.52. The van der Waals surface area contributed by atoms with E-state index in [0.717, 1.165) is 0 Å². The molecule has 3 N–H and O–H groups in total. The van der Waals surface area contributed by atoms with Gasteiger partial charge in [-0.25, -0.2) is 0 Å². The van der Waals surface area contributed by atoms with Crippen molar-refractivity contribution in [3.63, 3.8) is 0 Å². The lowest BCUT2D eigenvalue weighted by Gasteiger charge is -1.96. The van der Waals surface area contributed by atoms with E-state index < -0.39 is 0 Å². The highest BCUT2D eigenvalue weighted by atomic mass is 16.5. The summed E-state index contributed by atoms with van der Waals surface area (Å²) in [4.78, 5) is 14.8. The minimum absolute atomic E-state index is 0.0425. The van der Waals surface area contributed by atoms with Gasteiger partial charge in [0, 0.05) is 20.0 Å². The van der Waals surface area contributed by atoms with Crippen LogP contribution in [-0.4, -0.2) is 29.1 Å². The second-order valence-electron chi connectivity index (χ2n) is 2.18. The van der Waals surface area contributed by atoms with E-state index in [1.165, 1.54) is 0 Å². The molecule has 6 nitrogen and oxygen atoms in total. The van der Waals surface area contributed by atoms with Crippen LogP contribution in [0, 0.1) is 6.92 Å². The molecule has 1 heterocycles. The third-order valence-corrected chi connectivity index (χ3v) is 1.16. The Morgan fingerprint density at radius 1 is 1.75 bits per heavy atom. The molecule has 6 heteroatoms. The lowest BCUT2D eigenvalue weighted by molar-refractivity contribution is 0.0941. The van der Waals surface area contributed by atoms with Crippen molar-refractivity contribution in [3.8, 4) is 0 Å². The first-order chi connectivity index (χ1) is 5.74. The molecule has 0 saturated carbocycles. The van der Waals surface area contributed by atoms with E-state index in [2.05, 4.69) is 20.0 Å². The van der Waals surface area contributed by atoms with Gasteiger partial charge in [-0.2, -0.15) is 4.98 Å². The molecule has 0 aromatic carbocycles. The normalized spacial score (nSPS) is 9.83. The molecule has 0 fully saturated rings. The van der Waals surface area contributed by atoms with Crippen molar-refractivity contribution in [2.24, 2.45) is 5.73 Å². The molecule has 0 saturated heterocycles. The summed E-state index contributed by atoms with van der Waals surface area (Å²) in [5.74, 6) is 0.0474. The summed E-state index contributed by atoms with van der Waals surface area (Å²) in [7, 11) is 0. The van der Waals surface area contributed by atoms with E-state index in [1.807, 2.05) is 0 Å². The van der Waals surface area contributed by atoms with Crippen molar-refractivity contribution < 1.29 is 9.32 Å². The maximum absolute atomic E-state index is 11.1. The van der Waals surface area contributed by atoms with Crippen molar-refractivity contribution in [1.82, 2.24) is 15.5 Å². The van der Waals surface area contributed by atoms with Gasteiger partial charge in [-0.15, -0.1) is 0 Å². The fourth-order valence-electron chi connectivity index (χ4n) is 0.656. The van der Waals surface area contributed by atoms with E-state index in [0.29, 0.717) is 19.0 Å². The van der Waals surface area contributed by atoms with Gasteiger partial charge in [0.25, 0.3) is 11.7 Å². The van der Waals surface area contributed by atoms with Crippen LogP contribution in [0.4, 0.5) is 0 Å². The average molecular weight is 170 g/mol. The highest BCUT2D eigenvalue weighted by Gasteiger charge is 2.10. The smallest absolute Gasteiger partial charge is 0.292 e. The van der Waals surface area contributed by atoms with Crippen molar-refractivity contribution in [2.45, 2.75) is 6.92 Å². The number of rotatable bonds is 3. The molecule has 0 aliphatic heterocycles. The number of nitrogens with one attached hydrogen (secondary N) is 1. The van der Waals surface area contributed by atoms with Crippen LogP contribution >= 0.6 is 0 Å². The number of carbonyl (C=O) groups is 1. The number of nitrogens with two attached hydrogens (primary N) is 1.